The molecule has 1 N–H and O–H groups in total. The van der Waals surface area contributed by atoms with Crippen molar-refractivity contribution < 1.29 is 9.72 Å². The summed E-state index contributed by atoms with van der Waals surface area (Å²) in [6, 6.07) is 6.72. The molecule has 1 saturated carbocycles. The Labute approximate surface area is 111 Å². The predicted molar refractivity (Wildman–Crippen MR) is 69.7 cm³/mol. The van der Waals surface area contributed by atoms with E-state index in [1.807, 2.05) is 6.07 Å². The minimum Gasteiger partial charge on any atom is -0.355 e. The summed E-state index contributed by atoms with van der Waals surface area (Å²) in [6.07, 6.45) is 3.93. The van der Waals surface area contributed by atoms with E-state index in [9.17, 15) is 14.9 Å². The molecule has 5 heteroatoms. The molecular weight excluding hydrogens is 244 g/mol. The maximum absolute atomic E-state index is 12.2. The van der Waals surface area contributed by atoms with Crippen LogP contribution in [0.25, 0.3) is 0 Å². The summed E-state index contributed by atoms with van der Waals surface area (Å²) in [5, 5.41) is 13.8. The van der Waals surface area contributed by atoms with Crippen LogP contribution in [0.5, 0.6) is 0 Å². The Bertz CT molecular complexity index is 535. The number of carbonyl (C=O) groups excluding carboxylic acids is 1. The van der Waals surface area contributed by atoms with Gasteiger partial charge < -0.3 is 5.32 Å². The molecule has 2 aliphatic rings. The predicted octanol–water partition coefficient (Wildman–Crippen LogP) is 2.37. The van der Waals surface area contributed by atoms with Crippen molar-refractivity contribution in [3.8, 4) is 0 Å². The highest BCUT2D eigenvalue weighted by Crippen LogP contribution is 2.51. The number of hydrogen-bond donors (Lipinski definition) is 1. The standard InChI is InChI=1S/C14H16N2O3/c17-13-14(6-1-2-7-14)12(9-15-13)10-4-3-5-11(8-10)16(18)19/h3-5,8,12H,1-2,6-7,9H2,(H,15,17)/t12-/m0/s1. The second-order valence-corrected chi connectivity index (χ2v) is 5.48. The maximum Gasteiger partial charge on any atom is 0.269 e. The largest absolute Gasteiger partial charge is 0.355 e. The van der Waals surface area contributed by atoms with Crippen LogP contribution in [0.15, 0.2) is 24.3 Å². The topological polar surface area (TPSA) is 72.2 Å². The highest BCUT2D eigenvalue weighted by Gasteiger charge is 2.52. The molecule has 100 valence electrons. The third-order valence-corrected chi connectivity index (χ3v) is 4.57. The molecule has 1 spiro atoms. The van der Waals surface area contributed by atoms with Crippen LogP contribution in [0.1, 0.15) is 37.2 Å². The third kappa shape index (κ3) is 1.80. The summed E-state index contributed by atoms with van der Waals surface area (Å²) in [4.78, 5) is 22.6. The number of benzene rings is 1. The van der Waals surface area contributed by atoms with Crippen LogP contribution in [0.4, 0.5) is 5.69 Å². The molecule has 1 heterocycles. The van der Waals surface area contributed by atoms with Crippen LogP contribution >= 0.6 is 0 Å². The quantitative estimate of drug-likeness (QED) is 0.655. The van der Waals surface area contributed by atoms with Crippen LogP contribution in [0, 0.1) is 15.5 Å². The lowest BCUT2D eigenvalue weighted by atomic mass is 9.72. The summed E-state index contributed by atoms with van der Waals surface area (Å²) in [5.74, 6) is 0.198. The van der Waals surface area contributed by atoms with Gasteiger partial charge in [-0.25, -0.2) is 0 Å². The number of nitrogens with zero attached hydrogens (tertiary/aromatic N) is 1. The Morgan fingerprint density at radius 2 is 2.05 bits per heavy atom. The van der Waals surface area contributed by atoms with Crippen LogP contribution in [0.2, 0.25) is 0 Å². The Balaban J connectivity index is 1.99. The zero-order valence-corrected chi connectivity index (χ0v) is 10.6. The molecule has 1 atom stereocenters. The lowest BCUT2D eigenvalue weighted by molar-refractivity contribution is -0.384. The van der Waals surface area contributed by atoms with Gasteiger partial charge >= 0.3 is 0 Å². The van der Waals surface area contributed by atoms with Gasteiger partial charge in [0.25, 0.3) is 5.69 Å². The van der Waals surface area contributed by atoms with Gasteiger partial charge in [-0.05, 0) is 18.4 Å². The third-order valence-electron chi connectivity index (χ3n) is 4.57. The van der Waals surface area contributed by atoms with Gasteiger partial charge in [0.05, 0.1) is 10.3 Å². The number of nitro benzene ring substituents is 1. The van der Waals surface area contributed by atoms with Gasteiger partial charge in [-0.3, -0.25) is 14.9 Å². The fraction of sp³-hybridized carbons (Fsp3) is 0.500. The Kier molecular flexibility index (Phi) is 2.77. The molecule has 5 nitrogen and oxygen atoms in total. The SMILES string of the molecule is O=C1NC[C@@H](c2cccc([N+](=O)[O-])c2)C12CCCC2. The first kappa shape index (κ1) is 12.1. The zero-order chi connectivity index (χ0) is 13.5. The number of rotatable bonds is 2. The number of nitro groups is 1. The van der Waals surface area contributed by atoms with Crippen LogP contribution in [0.3, 0.4) is 0 Å². The maximum atomic E-state index is 12.2. The van der Waals surface area contributed by atoms with E-state index in [1.54, 1.807) is 12.1 Å². The number of amides is 1. The number of non-ortho nitro benzene ring substituents is 1. The first-order valence-electron chi connectivity index (χ1n) is 6.66. The Hall–Kier alpha value is -1.91. The monoisotopic (exact) mass is 260 g/mol. The van der Waals surface area contributed by atoms with Gasteiger partial charge in [-0.2, -0.15) is 0 Å². The summed E-state index contributed by atoms with van der Waals surface area (Å²) < 4.78 is 0. The fourth-order valence-electron chi connectivity index (χ4n) is 3.60. The van der Waals surface area contributed by atoms with Crippen LogP contribution in [-0.2, 0) is 4.79 Å². The molecule has 1 aliphatic carbocycles. The van der Waals surface area contributed by atoms with Crippen molar-refractivity contribution in [1.29, 1.82) is 0 Å². The lowest BCUT2D eigenvalue weighted by Gasteiger charge is -2.27. The second-order valence-electron chi connectivity index (χ2n) is 5.48. The van der Waals surface area contributed by atoms with Crippen molar-refractivity contribution in [1.82, 2.24) is 5.32 Å². The minimum absolute atomic E-state index is 0.0717. The first-order chi connectivity index (χ1) is 9.13. The van der Waals surface area contributed by atoms with Crippen molar-refractivity contribution >= 4 is 11.6 Å². The van der Waals surface area contributed by atoms with E-state index in [0.29, 0.717) is 6.54 Å². The number of nitrogens with one attached hydrogen (secondary N) is 1. The molecule has 1 amide bonds. The van der Waals surface area contributed by atoms with Crippen molar-refractivity contribution in [3.63, 3.8) is 0 Å². The zero-order valence-electron chi connectivity index (χ0n) is 10.6. The number of carbonyl (C=O) groups is 1. The van der Waals surface area contributed by atoms with Gasteiger partial charge in [0, 0.05) is 24.6 Å². The average Bonchev–Trinajstić information content (AvgIpc) is 3.00. The van der Waals surface area contributed by atoms with E-state index in [-0.39, 0.29) is 27.9 Å². The summed E-state index contributed by atoms with van der Waals surface area (Å²) in [7, 11) is 0. The van der Waals surface area contributed by atoms with Crippen molar-refractivity contribution in [2.24, 2.45) is 5.41 Å². The molecule has 0 unspecified atom stereocenters. The van der Waals surface area contributed by atoms with Gasteiger partial charge in [-0.1, -0.05) is 25.0 Å². The van der Waals surface area contributed by atoms with Gasteiger partial charge in [-0.15, -0.1) is 0 Å². The fourth-order valence-corrected chi connectivity index (χ4v) is 3.60. The normalized spacial score (nSPS) is 24.6. The molecule has 2 fully saturated rings. The van der Waals surface area contributed by atoms with Crippen molar-refractivity contribution in [2.45, 2.75) is 31.6 Å². The lowest BCUT2D eigenvalue weighted by Crippen LogP contribution is -2.31. The molecule has 0 radical (unpaired) electrons. The van der Waals surface area contributed by atoms with Gasteiger partial charge in [0.2, 0.25) is 5.91 Å². The molecular formula is C14H16N2O3. The van der Waals surface area contributed by atoms with E-state index < -0.39 is 0 Å². The Morgan fingerprint density at radius 3 is 2.74 bits per heavy atom. The van der Waals surface area contributed by atoms with Crippen molar-refractivity contribution in [2.75, 3.05) is 6.54 Å². The van der Waals surface area contributed by atoms with E-state index in [2.05, 4.69) is 5.32 Å². The molecule has 1 aromatic rings. The minimum atomic E-state index is -0.380. The van der Waals surface area contributed by atoms with Crippen LogP contribution < -0.4 is 5.32 Å². The highest BCUT2D eigenvalue weighted by molar-refractivity contribution is 5.86. The Morgan fingerprint density at radius 1 is 1.32 bits per heavy atom. The second kappa shape index (κ2) is 4.33. The molecule has 0 bridgehead atoms. The summed E-state index contributed by atoms with van der Waals surface area (Å²) >= 11 is 0. The van der Waals surface area contributed by atoms with Crippen LogP contribution in [-0.4, -0.2) is 17.4 Å². The van der Waals surface area contributed by atoms with Crippen molar-refractivity contribution in [3.05, 3.63) is 39.9 Å². The summed E-state index contributed by atoms with van der Waals surface area (Å²) in [6.45, 7) is 0.597. The molecule has 0 aromatic heterocycles. The van der Waals surface area contributed by atoms with Gasteiger partial charge in [0.1, 0.15) is 0 Å². The molecule has 19 heavy (non-hydrogen) atoms. The number of hydrogen-bond acceptors (Lipinski definition) is 3. The van der Waals surface area contributed by atoms with E-state index in [1.165, 1.54) is 6.07 Å². The first-order valence-corrected chi connectivity index (χ1v) is 6.66. The summed E-state index contributed by atoms with van der Waals surface area (Å²) in [5.41, 5.74) is 0.689. The smallest absolute Gasteiger partial charge is 0.269 e. The van der Waals surface area contributed by atoms with E-state index >= 15 is 0 Å². The van der Waals surface area contributed by atoms with E-state index in [4.69, 9.17) is 0 Å². The molecule has 1 aliphatic heterocycles. The molecule has 1 aromatic carbocycles. The average molecular weight is 260 g/mol. The van der Waals surface area contributed by atoms with Gasteiger partial charge in [0.15, 0.2) is 0 Å². The highest BCUT2D eigenvalue weighted by atomic mass is 16.6. The molecule has 3 rings (SSSR count). The molecule has 1 saturated heterocycles. The van der Waals surface area contributed by atoms with E-state index in [0.717, 1.165) is 31.2 Å².